The molecule has 0 bridgehead atoms. The first-order valence-electron chi connectivity index (χ1n) is 10.7. The number of hydrogen-bond acceptors (Lipinski definition) is 5. The Labute approximate surface area is 174 Å². The van der Waals surface area contributed by atoms with Crippen molar-refractivity contribution in [2.75, 3.05) is 13.6 Å². The van der Waals surface area contributed by atoms with Gasteiger partial charge in [0.15, 0.2) is 11.8 Å². The maximum absolute atomic E-state index is 12.0. The molecule has 1 atom stereocenters. The summed E-state index contributed by atoms with van der Waals surface area (Å²) in [4.78, 5) is 16.3. The maximum Gasteiger partial charge on any atom is 0.407 e. The molecule has 2 heterocycles. The Morgan fingerprint density at radius 3 is 2.76 bits per heavy atom. The number of ether oxygens (including phenoxy) is 1. The van der Waals surface area contributed by atoms with E-state index >= 15 is 0 Å². The van der Waals surface area contributed by atoms with E-state index in [1.165, 1.54) is 12.8 Å². The zero-order chi connectivity index (χ0) is 21.3. The SMILES string of the molecule is CCCCC(CNC(=O)OC(C)(C)C)NC(=NC)NCc1nnc2n1CCCC2. The number of aryl methyl sites for hydroxylation is 1. The third-order valence-corrected chi connectivity index (χ3v) is 4.71. The molecule has 1 aromatic heterocycles. The lowest BCUT2D eigenvalue weighted by Gasteiger charge is -2.24. The summed E-state index contributed by atoms with van der Waals surface area (Å²) in [5.74, 6) is 2.68. The fourth-order valence-corrected chi connectivity index (χ4v) is 3.25. The summed E-state index contributed by atoms with van der Waals surface area (Å²) < 4.78 is 7.53. The van der Waals surface area contributed by atoms with Crippen LogP contribution in [0, 0.1) is 0 Å². The monoisotopic (exact) mass is 407 g/mol. The Kier molecular flexibility index (Phi) is 8.72. The molecule has 0 spiro atoms. The molecular weight excluding hydrogens is 370 g/mol. The number of carbonyl (C=O) groups excluding carboxylic acids is 1. The van der Waals surface area contributed by atoms with E-state index in [-0.39, 0.29) is 6.04 Å². The summed E-state index contributed by atoms with van der Waals surface area (Å²) in [6.07, 6.45) is 6.01. The lowest BCUT2D eigenvalue weighted by molar-refractivity contribution is 0.0523. The molecule has 0 saturated carbocycles. The second-order valence-corrected chi connectivity index (χ2v) is 8.43. The van der Waals surface area contributed by atoms with Gasteiger partial charge in [-0.2, -0.15) is 0 Å². The molecule has 29 heavy (non-hydrogen) atoms. The summed E-state index contributed by atoms with van der Waals surface area (Å²) in [5.41, 5.74) is -0.509. The van der Waals surface area contributed by atoms with Crippen LogP contribution in [0.1, 0.15) is 71.4 Å². The number of nitrogens with zero attached hydrogens (tertiary/aromatic N) is 4. The van der Waals surface area contributed by atoms with Gasteiger partial charge < -0.3 is 25.3 Å². The van der Waals surface area contributed by atoms with Gasteiger partial charge in [0, 0.05) is 32.6 Å². The average Bonchev–Trinajstić information content (AvgIpc) is 3.08. The van der Waals surface area contributed by atoms with Crippen molar-refractivity contribution in [2.24, 2.45) is 4.99 Å². The highest BCUT2D eigenvalue weighted by atomic mass is 16.6. The largest absolute Gasteiger partial charge is 0.444 e. The Bertz CT molecular complexity index is 679. The van der Waals surface area contributed by atoms with Crippen molar-refractivity contribution in [3.8, 4) is 0 Å². The van der Waals surface area contributed by atoms with Gasteiger partial charge >= 0.3 is 6.09 Å². The van der Waals surface area contributed by atoms with Gasteiger partial charge in [-0.25, -0.2) is 4.79 Å². The predicted molar refractivity (Wildman–Crippen MR) is 114 cm³/mol. The fraction of sp³-hybridized carbons (Fsp3) is 0.800. The van der Waals surface area contributed by atoms with Crippen LogP contribution in [0.4, 0.5) is 4.79 Å². The van der Waals surface area contributed by atoms with E-state index in [1.54, 1.807) is 7.05 Å². The van der Waals surface area contributed by atoms with Gasteiger partial charge in [0.1, 0.15) is 11.4 Å². The Morgan fingerprint density at radius 1 is 1.28 bits per heavy atom. The van der Waals surface area contributed by atoms with Gasteiger partial charge in [-0.1, -0.05) is 19.8 Å². The van der Waals surface area contributed by atoms with Gasteiger partial charge in [0.2, 0.25) is 0 Å². The molecule has 1 amide bonds. The second-order valence-electron chi connectivity index (χ2n) is 8.43. The third-order valence-electron chi connectivity index (χ3n) is 4.71. The topological polar surface area (TPSA) is 105 Å². The summed E-state index contributed by atoms with van der Waals surface area (Å²) in [6, 6.07) is 0.0565. The number of nitrogens with one attached hydrogen (secondary N) is 3. The molecule has 0 fully saturated rings. The maximum atomic E-state index is 12.0. The predicted octanol–water partition coefficient (Wildman–Crippen LogP) is 2.36. The first-order valence-corrected chi connectivity index (χ1v) is 10.7. The number of amides is 1. The lowest BCUT2D eigenvalue weighted by atomic mass is 10.1. The summed E-state index contributed by atoms with van der Waals surface area (Å²) >= 11 is 0. The number of fused-ring (bicyclic) bond motifs is 1. The summed E-state index contributed by atoms with van der Waals surface area (Å²) in [7, 11) is 1.74. The molecule has 2 rings (SSSR count). The van der Waals surface area contributed by atoms with E-state index in [0.717, 1.165) is 43.9 Å². The minimum atomic E-state index is -0.509. The first kappa shape index (κ1) is 23.0. The minimum absolute atomic E-state index is 0.0565. The number of alkyl carbamates (subject to hydrolysis) is 1. The molecule has 0 radical (unpaired) electrons. The van der Waals surface area contributed by atoms with Crippen LogP contribution in [0.3, 0.4) is 0 Å². The molecule has 1 aromatic rings. The van der Waals surface area contributed by atoms with Gasteiger partial charge in [-0.3, -0.25) is 4.99 Å². The lowest BCUT2D eigenvalue weighted by Crippen LogP contribution is -2.49. The molecule has 1 unspecified atom stereocenters. The van der Waals surface area contributed by atoms with Crippen LogP contribution >= 0.6 is 0 Å². The van der Waals surface area contributed by atoms with Crippen molar-refractivity contribution in [2.45, 2.75) is 91.0 Å². The number of carbonyl (C=O) groups is 1. The minimum Gasteiger partial charge on any atom is -0.444 e. The van der Waals surface area contributed by atoms with Gasteiger partial charge in [0.25, 0.3) is 0 Å². The van der Waals surface area contributed by atoms with Crippen molar-refractivity contribution in [1.82, 2.24) is 30.7 Å². The van der Waals surface area contributed by atoms with Crippen molar-refractivity contribution in [3.05, 3.63) is 11.6 Å². The van der Waals surface area contributed by atoms with Crippen molar-refractivity contribution < 1.29 is 9.53 Å². The normalized spacial score (nSPS) is 15.4. The first-order chi connectivity index (χ1) is 13.8. The highest BCUT2D eigenvalue weighted by Crippen LogP contribution is 2.14. The Morgan fingerprint density at radius 2 is 2.07 bits per heavy atom. The zero-order valence-corrected chi connectivity index (χ0v) is 18.5. The molecular formula is C20H37N7O2. The van der Waals surface area contributed by atoms with Crippen molar-refractivity contribution in [1.29, 1.82) is 0 Å². The molecule has 9 heteroatoms. The molecule has 0 aliphatic carbocycles. The van der Waals surface area contributed by atoms with Crippen LogP contribution in [0.5, 0.6) is 0 Å². The number of aromatic nitrogens is 3. The highest BCUT2D eigenvalue weighted by molar-refractivity contribution is 5.80. The molecule has 1 aliphatic rings. The van der Waals surface area contributed by atoms with Gasteiger partial charge in [-0.05, 0) is 40.0 Å². The smallest absolute Gasteiger partial charge is 0.407 e. The van der Waals surface area contributed by atoms with Crippen LogP contribution in [-0.4, -0.2) is 52.1 Å². The average molecular weight is 408 g/mol. The molecule has 9 nitrogen and oxygen atoms in total. The number of guanidine groups is 1. The van der Waals surface area contributed by atoms with E-state index in [1.807, 2.05) is 20.8 Å². The fourth-order valence-electron chi connectivity index (χ4n) is 3.25. The van der Waals surface area contributed by atoms with Crippen LogP contribution < -0.4 is 16.0 Å². The summed E-state index contributed by atoms with van der Waals surface area (Å²) in [5, 5.41) is 18.2. The number of unbranched alkanes of at least 4 members (excludes halogenated alkanes) is 1. The van der Waals surface area contributed by atoms with Crippen molar-refractivity contribution >= 4 is 12.1 Å². The van der Waals surface area contributed by atoms with Crippen LogP contribution in [0.15, 0.2) is 4.99 Å². The molecule has 0 saturated heterocycles. The van der Waals surface area contributed by atoms with Crippen LogP contribution in [0.25, 0.3) is 0 Å². The van der Waals surface area contributed by atoms with Crippen LogP contribution in [-0.2, 0) is 24.2 Å². The molecule has 0 aromatic carbocycles. The zero-order valence-electron chi connectivity index (χ0n) is 18.5. The van der Waals surface area contributed by atoms with Gasteiger partial charge in [-0.15, -0.1) is 10.2 Å². The van der Waals surface area contributed by atoms with E-state index < -0.39 is 11.7 Å². The Balaban J connectivity index is 1.88. The van der Waals surface area contributed by atoms with E-state index in [2.05, 4.69) is 42.6 Å². The summed E-state index contributed by atoms with van der Waals surface area (Å²) in [6.45, 7) is 9.73. The highest BCUT2D eigenvalue weighted by Gasteiger charge is 2.19. The van der Waals surface area contributed by atoms with E-state index in [4.69, 9.17) is 4.74 Å². The number of hydrogen-bond donors (Lipinski definition) is 3. The number of rotatable bonds is 8. The molecule has 3 N–H and O–H groups in total. The number of aliphatic imine (C=N–C) groups is 1. The van der Waals surface area contributed by atoms with Gasteiger partial charge in [0.05, 0.1) is 6.54 Å². The molecule has 164 valence electrons. The Hall–Kier alpha value is -2.32. The standard InChI is InChI=1S/C20H37N7O2/c1-6-7-10-15(13-23-19(28)29-20(2,3)4)24-18(21-5)22-14-17-26-25-16-11-8-9-12-27(16)17/h15H,6-14H2,1-5H3,(H,23,28)(H2,21,22,24). The van der Waals surface area contributed by atoms with Crippen molar-refractivity contribution in [3.63, 3.8) is 0 Å². The quantitative estimate of drug-likeness (QED) is 0.451. The third kappa shape index (κ3) is 7.91. The van der Waals surface area contributed by atoms with Crippen LogP contribution in [0.2, 0.25) is 0 Å². The molecule has 1 aliphatic heterocycles. The second kappa shape index (κ2) is 11.0. The van der Waals surface area contributed by atoms with E-state index in [0.29, 0.717) is 19.0 Å². The van der Waals surface area contributed by atoms with E-state index in [9.17, 15) is 4.79 Å².